The molecule has 0 spiro atoms. The zero-order valence-electron chi connectivity index (χ0n) is 9.65. The largest absolute Gasteiger partial charge is 0.294 e. The van der Waals surface area contributed by atoms with E-state index in [-0.39, 0.29) is 4.90 Å². The minimum atomic E-state index is -4.18. The van der Waals surface area contributed by atoms with E-state index in [4.69, 9.17) is 9.39 Å². The normalized spacial score (nSPS) is 11.2. The van der Waals surface area contributed by atoms with Gasteiger partial charge < -0.3 is 0 Å². The highest BCUT2D eigenvalue weighted by molar-refractivity contribution is 7.85. The smallest absolute Gasteiger partial charge is 0.282 e. The van der Waals surface area contributed by atoms with Crippen LogP contribution in [0.15, 0.2) is 53.7 Å². The molecule has 0 aliphatic carbocycles. The van der Waals surface area contributed by atoms with Gasteiger partial charge >= 0.3 is 0 Å². The van der Waals surface area contributed by atoms with E-state index in [1.165, 1.54) is 16.9 Å². The van der Waals surface area contributed by atoms with Crippen molar-refractivity contribution in [2.75, 3.05) is 7.11 Å². The van der Waals surface area contributed by atoms with Crippen LogP contribution in [0.3, 0.4) is 0 Å². The Bertz CT molecular complexity index is 650. The van der Waals surface area contributed by atoms with Crippen molar-refractivity contribution in [2.45, 2.75) is 4.90 Å². The molecule has 0 atom stereocenters. The van der Waals surface area contributed by atoms with Gasteiger partial charge in [-0.2, -0.15) is 8.42 Å². The van der Waals surface area contributed by atoms with Gasteiger partial charge in [0, 0.05) is 16.9 Å². The van der Waals surface area contributed by atoms with E-state index in [1.807, 2.05) is 0 Å². The SMILES string of the molecule is CO[n+]1ccc(-c2cccc(S(=O)(=O)O)c2)cc1. The topological polar surface area (TPSA) is 67.5 Å². The number of hydrogen-bond donors (Lipinski definition) is 1. The zero-order valence-corrected chi connectivity index (χ0v) is 10.5. The molecule has 1 heterocycles. The summed E-state index contributed by atoms with van der Waals surface area (Å²) in [5.41, 5.74) is 1.53. The molecule has 5 nitrogen and oxygen atoms in total. The first-order valence-corrected chi connectivity index (χ1v) is 6.58. The van der Waals surface area contributed by atoms with Crippen molar-refractivity contribution >= 4 is 10.1 Å². The predicted octanol–water partition coefficient (Wildman–Crippen LogP) is 0.946. The fourth-order valence-electron chi connectivity index (χ4n) is 1.56. The number of hydrogen-bond acceptors (Lipinski definition) is 3. The molecule has 6 heteroatoms. The third-order valence-electron chi connectivity index (χ3n) is 2.48. The Morgan fingerprint density at radius 2 is 1.78 bits per heavy atom. The van der Waals surface area contributed by atoms with E-state index < -0.39 is 10.1 Å². The highest BCUT2D eigenvalue weighted by Crippen LogP contribution is 2.21. The first-order chi connectivity index (χ1) is 8.50. The zero-order chi connectivity index (χ0) is 13.2. The first kappa shape index (κ1) is 12.5. The van der Waals surface area contributed by atoms with Gasteiger partial charge in [0.05, 0.1) is 4.90 Å². The molecule has 1 aromatic carbocycles. The Balaban J connectivity index is 2.44. The second-order valence-electron chi connectivity index (χ2n) is 3.63. The maximum atomic E-state index is 11.0. The fraction of sp³-hybridized carbons (Fsp3) is 0.0833. The van der Waals surface area contributed by atoms with Crippen molar-refractivity contribution in [3.05, 3.63) is 48.8 Å². The molecule has 0 amide bonds. The Kier molecular flexibility index (Phi) is 3.31. The van der Waals surface area contributed by atoms with Gasteiger partial charge in [0.1, 0.15) is 7.11 Å². The number of benzene rings is 1. The van der Waals surface area contributed by atoms with Gasteiger partial charge in [0.2, 0.25) is 12.4 Å². The van der Waals surface area contributed by atoms with Crippen LogP contribution in [-0.4, -0.2) is 20.1 Å². The van der Waals surface area contributed by atoms with Crippen LogP contribution < -0.4 is 9.57 Å². The molecule has 2 rings (SSSR count). The van der Waals surface area contributed by atoms with Gasteiger partial charge in [0.25, 0.3) is 10.1 Å². The highest BCUT2D eigenvalue weighted by atomic mass is 32.2. The van der Waals surface area contributed by atoms with E-state index in [2.05, 4.69) is 0 Å². The minimum absolute atomic E-state index is 0.122. The standard InChI is InChI=1S/C12H11NO4S/c1-17-13-7-5-10(6-8-13)11-3-2-4-12(9-11)18(14,15)16/h2-9H,1H3/p+1. The van der Waals surface area contributed by atoms with E-state index in [1.54, 1.807) is 43.8 Å². The summed E-state index contributed by atoms with van der Waals surface area (Å²) < 4.78 is 32.6. The molecule has 0 saturated carbocycles. The van der Waals surface area contributed by atoms with Gasteiger partial charge in [-0.25, -0.2) is 0 Å². The van der Waals surface area contributed by atoms with Crippen LogP contribution >= 0.6 is 0 Å². The summed E-state index contributed by atoms with van der Waals surface area (Å²) in [6.07, 6.45) is 3.41. The van der Waals surface area contributed by atoms with E-state index in [0.29, 0.717) is 5.56 Å². The summed E-state index contributed by atoms with van der Waals surface area (Å²) >= 11 is 0. The van der Waals surface area contributed by atoms with Crippen LogP contribution in [-0.2, 0) is 10.1 Å². The predicted molar refractivity (Wildman–Crippen MR) is 64.4 cm³/mol. The highest BCUT2D eigenvalue weighted by Gasteiger charge is 2.11. The van der Waals surface area contributed by atoms with Crippen molar-refractivity contribution in [1.82, 2.24) is 0 Å². The molecule has 0 saturated heterocycles. The lowest BCUT2D eigenvalue weighted by Gasteiger charge is -2.02. The molecular weight excluding hydrogens is 254 g/mol. The summed E-state index contributed by atoms with van der Waals surface area (Å²) in [6, 6.07) is 9.68. The molecular formula is C12H12NO4S+. The molecule has 18 heavy (non-hydrogen) atoms. The van der Waals surface area contributed by atoms with Gasteiger partial charge in [-0.05, 0) is 23.3 Å². The van der Waals surface area contributed by atoms with Crippen LogP contribution in [0.1, 0.15) is 0 Å². The summed E-state index contributed by atoms with van der Waals surface area (Å²) in [7, 11) is -2.64. The third kappa shape index (κ3) is 2.66. The quantitative estimate of drug-likeness (QED) is 0.663. The van der Waals surface area contributed by atoms with E-state index >= 15 is 0 Å². The molecule has 0 aliphatic heterocycles. The van der Waals surface area contributed by atoms with Crippen molar-refractivity contribution in [2.24, 2.45) is 0 Å². The third-order valence-corrected chi connectivity index (χ3v) is 3.33. The lowest BCUT2D eigenvalue weighted by molar-refractivity contribution is -0.885. The fourth-order valence-corrected chi connectivity index (χ4v) is 2.09. The maximum Gasteiger partial charge on any atom is 0.294 e. The summed E-state index contributed by atoms with van der Waals surface area (Å²) in [5, 5.41) is 0. The molecule has 0 radical (unpaired) electrons. The molecule has 0 aliphatic rings. The number of nitrogens with zero attached hydrogens (tertiary/aromatic N) is 1. The van der Waals surface area contributed by atoms with Crippen molar-refractivity contribution in [3.8, 4) is 11.1 Å². The van der Waals surface area contributed by atoms with Gasteiger partial charge in [0.15, 0.2) is 0 Å². The van der Waals surface area contributed by atoms with E-state index in [9.17, 15) is 8.42 Å². The summed E-state index contributed by atoms with van der Waals surface area (Å²) in [4.78, 5) is 4.84. The maximum absolute atomic E-state index is 11.0. The Morgan fingerprint density at radius 1 is 1.11 bits per heavy atom. The van der Waals surface area contributed by atoms with Crippen molar-refractivity contribution < 1.29 is 22.5 Å². The minimum Gasteiger partial charge on any atom is -0.282 e. The molecule has 94 valence electrons. The second kappa shape index (κ2) is 4.75. The van der Waals surface area contributed by atoms with Gasteiger partial charge in [-0.1, -0.05) is 12.1 Å². The molecule has 1 N–H and O–H groups in total. The van der Waals surface area contributed by atoms with Gasteiger partial charge in [-0.3, -0.25) is 9.39 Å². The van der Waals surface area contributed by atoms with E-state index in [0.717, 1.165) is 5.56 Å². The molecule has 0 fully saturated rings. The number of aromatic nitrogens is 1. The second-order valence-corrected chi connectivity index (χ2v) is 5.05. The summed E-state index contributed by atoms with van der Waals surface area (Å²) in [6.45, 7) is 0. The molecule has 0 bridgehead atoms. The van der Waals surface area contributed by atoms with Crippen LogP contribution in [0.25, 0.3) is 11.1 Å². The molecule has 2 aromatic rings. The lowest BCUT2D eigenvalue weighted by atomic mass is 10.1. The Labute approximate surface area is 105 Å². The van der Waals surface area contributed by atoms with Crippen LogP contribution in [0.2, 0.25) is 0 Å². The number of pyridine rings is 1. The lowest BCUT2D eigenvalue weighted by Crippen LogP contribution is -2.39. The first-order valence-electron chi connectivity index (χ1n) is 5.14. The Morgan fingerprint density at radius 3 is 2.33 bits per heavy atom. The van der Waals surface area contributed by atoms with Gasteiger partial charge in [-0.15, -0.1) is 0 Å². The average molecular weight is 266 g/mol. The summed E-state index contributed by atoms with van der Waals surface area (Å²) in [5.74, 6) is 0. The monoisotopic (exact) mass is 266 g/mol. The Hall–Kier alpha value is -1.92. The molecule has 1 aromatic heterocycles. The number of rotatable bonds is 3. The van der Waals surface area contributed by atoms with Crippen LogP contribution in [0.5, 0.6) is 0 Å². The molecule has 0 unspecified atom stereocenters. The van der Waals surface area contributed by atoms with Crippen molar-refractivity contribution in [3.63, 3.8) is 0 Å². The van der Waals surface area contributed by atoms with Crippen molar-refractivity contribution in [1.29, 1.82) is 0 Å². The van der Waals surface area contributed by atoms with Crippen LogP contribution in [0.4, 0.5) is 0 Å². The van der Waals surface area contributed by atoms with Crippen LogP contribution in [0, 0.1) is 0 Å². The average Bonchev–Trinajstić information content (AvgIpc) is 2.38.